The van der Waals surface area contributed by atoms with Gasteiger partial charge in [0.05, 0.1) is 0 Å². The monoisotopic (exact) mass is 336 g/mol. The molecule has 0 unspecified atom stereocenters. The Morgan fingerprint density at radius 1 is 1.20 bits per heavy atom. The lowest BCUT2D eigenvalue weighted by Crippen LogP contribution is -2.26. The molecule has 25 heavy (non-hydrogen) atoms. The van der Waals surface area contributed by atoms with E-state index in [4.69, 9.17) is 0 Å². The average molecular weight is 336 g/mol. The summed E-state index contributed by atoms with van der Waals surface area (Å²) in [5, 5.41) is 7.47. The zero-order chi connectivity index (χ0) is 17.5. The van der Waals surface area contributed by atoms with Crippen molar-refractivity contribution in [2.24, 2.45) is 0 Å². The van der Waals surface area contributed by atoms with Gasteiger partial charge in [0, 0.05) is 42.1 Å². The van der Waals surface area contributed by atoms with Crippen LogP contribution in [0.1, 0.15) is 35.8 Å². The molecule has 2 heterocycles. The van der Waals surface area contributed by atoms with Crippen molar-refractivity contribution >= 4 is 22.5 Å². The molecule has 130 valence electrons. The number of aromatic nitrogens is 2. The molecule has 5 heteroatoms. The van der Waals surface area contributed by atoms with E-state index in [-0.39, 0.29) is 5.91 Å². The summed E-state index contributed by atoms with van der Waals surface area (Å²) in [5.74, 6) is -0.140. The number of amides is 1. The second-order valence-electron chi connectivity index (χ2n) is 6.08. The van der Waals surface area contributed by atoms with Crippen LogP contribution in [0.4, 0.5) is 5.69 Å². The largest absolute Gasteiger partial charge is 0.385 e. The maximum absolute atomic E-state index is 12.3. The second kappa shape index (κ2) is 8.33. The molecule has 0 atom stereocenters. The minimum atomic E-state index is -0.140. The Bertz CT molecular complexity index is 840. The summed E-state index contributed by atoms with van der Waals surface area (Å²) in [5.41, 5.74) is 3.71. The summed E-state index contributed by atoms with van der Waals surface area (Å²) in [6, 6.07) is 11.9. The standard InChI is InChI=1S/C20H24N4O/c1-2-3-10-21-16-9-12-22-19(13-16)20(25)23-11-8-15-14-24-18-7-5-4-6-17(15)18/h4-7,9,12-14,24H,2-3,8,10-11H2,1H3,(H,21,22)(H,23,25). The van der Waals surface area contributed by atoms with Gasteiger partial charge >= 0.3 is 0 Å². The molecule has 2 aromatic heterocycles. The van der Waals surface area contributed by atoms with E-state index in [0.29, 0.717) is 12.2 Å². The molecule has 0 radical (unpaired) electrons. The Morgan fingerprint density at radius 2 is 2.08 bits per heavy atom. The van der Waals surface area contributed by atoms with Crippen molar-refractivity contribution in [3.8, 4) is 0 Å². The highest BCUT2D eigenvalue weighted by Gasteiger charge is 2.08. The van der Waals surface area contributed by atoms with Crippen LogP contribution in [-0.2, 0) is 6.42 Å². The van der Waals surface area contributed by atoms with E-state index in [1.165, 1.54) is 10.9 Å². The van der Waals surface area contributed by atoms with Crippen molar-refractivity contribution in [3.63, 3.8) is 0 Å². The van der Waals surface area contributed by atoms with Crippen molar-refractivity contribution < 1.29 is 4.79 Å². The summed E-state index contributed by atoms with van der Waals surface area (Å²) in [7, 11) is 0. The SMILES string of the molecule is CCCCNc1ccnc(C(=O)NCCc2c[nH]c3ccccc23)c1. The van der Waals surface area contributed by atoms with Crippen LogP contribution in [0.5, 0.6) is 0 Å². The van der Waals surface area contributed by atoms with Crippen LogP contribution < -0.4 is 10.6 Å². The van der Waals surface area contributed by atoms with Gasteiger partial charge in [-0.3, -0.25) is 9.78 Å². The molecular formula is C20H24N4O. The van der Waals surface area contributed by atoms with E-state index in [9.17, 15) is 4.79 Å². The number of fused-ring (bicyclic) bond motifs is 1. The summed E-state index contributed by atoms with van der Waals surface area (Å²) >= 11 is 0. The van der Waals surface area contributed by atoms with Gasteiger partial charge in [0.2, 0.25) is 0 Å². The zero-order valence-electron chi connectivity index (χ0n) is 14.5. The number of rotatable bonds is 8. The topological polar surface area (TPSA) is 69.8 Å². The van der Waals surface area contributed by atoms with E-state index in [1.54, 1.807) is 12.3 Å². The van der Waals surface area contributed by atoms with Gasteiger partial charge in [-0.25, -0.2) is 0 Å². The van der Waals surface area contributed by atoms with Crippen molar-refractivity contribution in [1.82, 2.24) is 15.3 Å². The first-order valence-corrected chi connectivity index (χ1v) is 8.81. The number of nitrogens with zero attached hydrogens (tertiary/aromatic N) is 1. The molecule has 0 fully saturated rings. The van der Waals surface area contributed by atoms with Gasteiger partial charge in [0.15, 0.2) is 0 Å². The summed E-state index contributed by atoms with van der Waals surface area (Å²) in [4.78, 5) is 19.7. The number of para-hydroxylation sites is 1. The third-order valence-electron chi connectivity index (χ3n) is 4.21. The molecule has 0 spiro atoms. The molecule has 3 rings (SSSR count). The predicted octanol–water partition coefficient (Wildman–Crippen LogP) is 3.75. The van der Waals surface area contributed by atoms with Gasteiger partial charge in [0.25, 0.3) is 5.91 Å². The summed E-state index contributed by atoms with van der Waals surface area (Å²) in [6.45, 7) is 3.64. The molecule has 0 saturated carbocycles. The van der Waals surface area contributed by atoms with Crippen LogP contribution in [0, 0.1) is 0 Å². The number of carbonyl (C=O) groups is 1. The molecule has 0 bridgehead atoms. The summed E-state index contributed by atoms with van der Waals surface area (Å²) < 4.78 is 0. The lowest BCUT2D eigenvalue weighted by Gasteiger charge is -2.08. The molecule has 1 aromatic carbocycles. The van der Waals surface area contributed by atoms with E-state index in [2.05, 4.69) is 39.7 Å². The van der Waals surface area contributed by atoms with Gasteiger partial charge in [-0.15, -0.1) is 0 Å². The number of aromatic amines is 1. The fourth-order valence-electron chi connectivity index (χ4n) is 2.81. The smallest absolute Gasteiger partial charge is 0.269 e. The quantitative estimate of drug-likeness (QED) is 0.549. The van der Waals surface area contributed by atoms with Crippen molar-refractivity contribution in [1.29, 1.82) is 0 Å². The Morgan fingerprint density at radius 3 is 2.96 bits per heavy atom. The van der Waals surface area contributed by atoms with Gasteiger partial charge in [-0.1, -0.05) is 31.5 Å². The average Bonchev–Trinajstić information content (AvgIpc) is 3.05. The highest BCUT2D eigenvalue weighted by atomic mass is 16.1. The highest BCUT2D eigenvalue weighted by molar-refractivity contribution is 5.93. The number of anilines is 1. The van der Waals surface area contributed by atoms with Crippen LogP contribution in [0.25, 0.3) is 10.9 Å². The molecule has 5 nitrogen and oxygen atoms in total. The highest BCUT2D eigenvalue weighted by Crippen LogP contribution is 2.17. The minimum absolute atomic E-state index is 0.140. The molecule has 3 N–H and O–H groups in total. The van der Waals surface area contributed by atoms with Crippen LogP contribution in [0.15, 0.2) is 48.8 Å². The van der Waals surface area contributed by atoms with Gasteiger partial charge in [-0.05, 0) is 36.6 Å². The first kappa shape index (κ1) is 17.0. The number of hydrogen-bond acceptors (Lipinski definition) is 3. The minimum Gasteiger partial charge on any atom is -0.385 e. The fraction of sp³-hybridized carbons (Fsp3) is 0.300. The molecule has 0 aliphatic rings. The van der Waals surface area contributed by atoms with Gasteiger partial charge in [0.1, 0.15) is 5.69 Å². The number of unbranched alkanes of at least 4 members (excludes halogenated alkanes) is 1. The van der Waals surface area contributed by atoms with Crippen molar-refractivity contribution in [3.05, 3.63) is 60.0 Å². The molecule has 0 saturated heterocycles. The molecule has 3 aromatic rings. The van der Waals surface area contributed by atoms with E-state index < -0.39 is 0 Å². The van der Waals surface area contributed by atoms with Crippen LogP contribution in [0.2, 0.25) is 0 Å². The summed E-state index contributed by atoms with van der Waals surface area (Å²) in [6.07, 6.45) is 6.70. The number of pyridine rings is 1. The van der Waals surface area contributed by atoms with E-state index in [1.807, 2.05) is 24.4 Å². The van der Waals surface area contributed by atoms with Crippen LogP contribution in [-0.4, -0.2) is 29.0 Å². The first-order valence-electron chi connectivity index (χ1n) is 8.81. The molecule has 1 amide bonds. The Labute approximate surface area is 147 Å². The molecule has 0 aliphatic carbocycles. The lowest BCUT2D eigenvalue weighted by molar-refractivity contribution is 0.0949. The second-order valence-corrected chi connectivity index (χ2v) is 6.08. The molecular weight excluding hydrogens is 312 g/mol. The van der Waals surface area contributed by atoms with E-state index in [0.717, 1.165) is 37.0 Å². The Balaban J connectivity index is 1.55. The number of carbonyl (C=O) groups excluding carboxylic acids is 1. The maximum atomic E-state index is 12.3. The van der Waals surface area contributed by atoms with Gasteiger partial charge < -0.3 is 15.6 Å². The van der Waals surface area contributed by atoms with Crippen molar-refractivity contribution in [2.45, 2.75) is 26.2 Å². The zero-order valence-corrected chi connectivity index (χ0v) is 14.5. The third-order valence-corrected chi connectivity index (χ3v) is 4.21. The normalized spacial score (nSPS) is 10.8. The van der Waals surface area contributed by atoms with Crippen LogP contribution >= 0.6 is 0 Å². The first-order chi connectivity index (χ1) is 12.3. The van der Waals surface area contributed by atoms with Crippen molar-refractivity contribution in [2.75, 3.05) is 18.4 Å². The third kappa shape index (κ3) is 4.38. The van der Waals surface area contributed by atoms with E-state index >= 15 is 0 Å². The number of nitrogens with one attached hydrogen (secondary N) is 3. The fourth-order valence-corrected chi connectivity index (χ4v) is 2.81. The Hall–Kier alpha value is -2.82. The number of H-pyrrole nitrogens is 1. The maximum Gasteiger partial charge on any atom is 0.269 e. The molecule has 0 aliphatic heterocycles. The lowest BCUT2D eigenvalue weighted by atomic mass is 10.1. The predicted molar refractivity (Wildman–Crippen MR) is 102 cm³/mol. The van der Waals surface area contributed by atoms with Crippen LogP contribution in [0.3, 0.4) is 0 Å². The Kier molecular flexibility index (Phi) is 5.67. The number of benzene rings is 1. The number of hydrogen-bond donors (Lipinski definition) is 3. The van der Waals surface area contributed by atoms with Gasteiger partial charge in [-0.2, -0.15) is 0 Å².